The van der Waals surface area contributed by atoms with E-state index in [1.54, 1.807) is 32.3 Å². The van der Waals surface area contributed by atoms with Crippen LogP contribution in [0.4, 0.5) is 15.8 Å². The number of pyridine rings is 1. The van der Waals surface area contributed by atoms with Crippen LogP contribution in [0.25, 0.3) is 0 Å². The molecule has 0 aliphatic rings. The number of nitrogens with zero attached hydrogens (tertiary/aromatic N) is 2. The highest BCUT2D eigenvalue weighted by Crippen LogP contribution is 2.23. The van der Waals surface area contributed by atoms with Crippen LogP contribution in [-0.4, -0.2) is 17.9 Å². The molecule has 5 heteroatoms. The summed E-state index contributed by atoms with van der Waals surface area (Å²) < 4.78 is 13.2. The van der Waals surface area contributed by atoms with Gasteiger partial charge in [0, 0.05) is 18.8 Å². The predicted octanol–water partition coefficient (Wildman–Crippen LogP) is 2.39. The summed E-state index contributed by atoms with van der Waals surface area (Å²) in [6, 6.07) is 5.77. The molecule has 0 aliphatic heterocycles. The Hall–Kier alpha value is -2.43. The van der Waals surface area contributed by atoms with Gasteiger partial charge in [-0.15, -0.1) is 0 Å². The van der Waals surface area contributed by atoms with Crippen LogP contribution in [0.1, 0.15) is 15.9 Å². The Labute approximate surface area is 110 Å². The highest BCUT2D eigenvalue weighted by Gasteiger charge is 2.17. The van der Waals surface area contributed by atoms with Gasteiger partial charge in [-0.25, -0.2) is 4.39 Å². The monoisotopic (exact) mass is 259 g/mol. The number of carbonyl (C=O) groups is 1. The second kappa shape index (κ2) is 5.06. The maximum Gasteiger partial charge on any atom is 0.258 e. The number of aromatic nitrogens is 1. The van der Waals surface area contributed by atoms with Crippen LogP contribution in [0.2, 0.25) is 0 Å². The SMILES string of the molecule is Cc1ccc(F)cc1C(=O)N(C)c1ccncc1N. The molecule has 0 saturated heterocycles. The molecule has 19 heavy (non-hydrogen) atoms. The molecular formula is C14H14FN3O. The fourth-order valence-corrected chi connectivity index (χ4v) is 1.82. The molecule has 98 valence electrons. The lowest BCUT2D eigenvalue weighted by Crippen LogP contribution is -2.27. The van der Waals surface area contributed by atoms with Crippen molar-refractivity contribution in [3.8, 4) is 0 Å². The zero-order chi connectivity index (χ0) is 14.0. The van der Waals surface area contributed by atoms with Gasteiger partial charge >= 0.3 is 0 Å². The number of carbonyl (C=O) groups excluding carboxylic acids is 1. The summed E-state index contributed by atoms with van der Waals surface area (Å²) in [5, 5.41) is 0. The summed E-state index contributed by atoms with van der Waals surface area (Å²) in [5.74, 6) is -0.750. The van der Waals surface area contributed by atoms with Crippen molar-refractivity contribution in [2.24, 2.45) is 0 Å². The number of hydrogen-bond acceptors (Lipinski definition) is 3. The molecule has 0 atom stereocenters. The van der Waals surface area contributed by atoms with Gasteiger partial charge in [0.15, 0.2) is 0 Å². The Balaban J connectivity index is 2.39. The first-order valence-electron chi connectivity index (χ1n) is 5.74. The van der Waals surface area contributed by atoms with Crippen LogP contribution in [0.5, 0.6) is 0 Å². The molecule has 1 aromatic heterocycles. The Kier molecular flexibility index (Phi) is 3.46. The van der Waals surface area contributed by atoms with Crippen molar-refractivity contribution >= 4 is 17.3 Å². The molecule has 2 N–H and O–H groups in total. The van der Waals surface area contributed by atoms with E-state index in [9.17, 15) is 9.18 Å². The summed E-state index contributed by atoms with van der Waals surface area (Å²) in [7, 11) is 1.60. The number of aryl methyl sites for hydroxylation is 1. The molecule has 0 radical (unpaired) electrons. The number of amides is 1. The summed E-state index contributed by atoms with van der Waals surface area (Å²) in [6.07, 6.45) is 3.02. The molecule has 0 spiro atoms. The average molecular weight is 259 g/mol. The zero-order valence-corrected chi connectivity index (χ0v) is 10.7. The van der Waals surface area contributed by atoms with Crippen molar-refractivity contribution in [2.45, 2.75) is 6.92 Å². The molecule has 2 aromatic rings. The Morgan fingerprint density at radius 2 is 2.11 bits per heavy atom. The van der Waals surface area contributed by atoms with Crippen LogP contribution in [-0.2, 0) is 0 Å². The van der Waals surface area contributed by atoms with Crippen molar-refractivity contribution in [1.29, 1.82) is 0 Å². The van der Waals surface area contributed by atoms with Crippen LogP contribution in [0.3, 0.4) is 0 Å². The second-order valence-electron chi connectivity index (χ2n) is 4.26. The summed E-state index contributed by atoms with van der Waals surface area (Å²) >= 11 is 0. The minimum Gasteiger partial charge on any atom is -0.396 e. The van der Waals surface area contributed by atoms with E-state index in [1.807, 2.05) is 0 Å². The lowest BCUT2D eigenvalue weighted by atomic mass is 10.1. The van der Waals surface area contributed by atoms with E-state index >= 15 is 0 Å². The van der Waals surface area contributed by atoms with Gasteiger partial charge in [-0.1, -0.05) is 6.07 Å². The quantitative estimate of drug-likeness (QED) is 0.900. The molecular weight excluding hydrogens is 245 g/mol. The van der Waals surface area contributed by atoms with Crippen LogP contribution in [0, 0.1) is 12.7 Å². The number of rotatable bonds is 2. The van der Waals surface area contributed by atoms with E-state index in [1.165, 1.54) is 23.2 Å². The van der Waals surface area contributed by atoms with Gasteiger partial charge in [-0.2, -0.15) is 0 Å². The fraction of sp³-hybridized carbons (Fsp3) is 0.143. The number of anilines is 2. The summed E-state index contributed by atoms with van der Waals surface area (Å²) in [4.78, 5) is 17.6. The topological polar surface area (TPSA) is 59.2 Å². The van der Waals surface area contributed by atoms with Crippen LogP contribution >= 0.6 is 0 Å². The molecule has 4 nitrogen and oxygen atoms in total. The van der Waals surface area contributed by atoms with Gasteiger partial charge in [0.25, 0.3) is 5.91 Å². The lowest BCUT2D eigenvalue weighted by Gasteiger charge is -2.19. The first-order chi connectivity index (χ1) is 9.00. The van der Waals surface area contributed by atoms with Crippen LogP contribution < -0.4 is 10.6 Å². The molecule has 1 aromatic carbocycles. The van der Waals surface area contributed by atoms with Gasteiger partial charge in [-0.05, 0) is 30.7 Å². The van der Waals surface area contributed by atoms with E-state index in [0.717, 1.165) is 0 Å². The molecule has 0 bridgehead atoms. The summed E-state index contributed by atoms with van der Waals surface area (Å²) in [5.41, 5.74) is 7.75. The third-order valence-electron chi connectivity index (χ3n) is 2.92. The molecule has 0 aliphatic carbocycles. The average Bonchev–Trinajstić information content (AvgIpc) is 2.40. The summed E-state index contributed by atoms with van der Waals surface area (Å²) in [6.45, 7) is 1.76. The number of benzene rings is 1. The minimum absolute atomic E-state index is 0.310. The highest BCUT2D eigenvalue weighted by atomic mass is 19.1. The predicted molar refractivity (Wildman–Crippen MR) is 72.5 cm³/mol. The highest BCUT2D eigenvalue weighted by molar-refractivity contribution is 6.07. The smallest absolute Gasteiger partial charge is 0.258 e. The number of nitrogen functional groups attached to an aromatic ring is 1. The molecule has 0 saturated carbocycles. The number of hydrogen-bond donors (Lipinski definition) is 1. The third kappa shape index (κ3) is 2.54. The third-order valence-corrected chi connectivity index (χ3v) is 2.92. The maximum atomic E-state index is 13.2. The van der Waals surface area contributed by atoms with Crippen molar-refractivity contribution < 1.29 is 9.18 Å². The van der Waals surface area contributed by atoms with Gasteiger partial charge in [0.1, 0.15) is 5.82 Å². The Morgan fingerprint density at radius 1 is 1.37 bits per heavy atom. The molecule has 1 heterocycles. The standard InChI is InChI=1S/C14H14FN3O/c1-9-3-4-10(15)7-11(9)14(19)18(2)13-5-6-17-8-12(13)16/h3-8H,16H2,1-2H3. The fourth-order valence-electron chi connectivity index (χ4n) is 1.82. The van der Waals surface area contributed by atoms with Crippen molar-refractivity contribution in [2.75, 3.05) is 17.7 Å². The van der Waals surface area contributed by atoms with E-state index in [0.29, 0.717) is 22.5 Å². The lowest BCUT2D eigenvalue weighted by molar-refractivity contribution is 0.0992. The first-order valence-corrected chi connectivity index (χ1v) is 5.74. The van der Waals surface area contributed by atoms with E-state index in [-0.39, 0.29) is 5.91 Å². The van der Waals surface area contributed by atoms with E-state index < -0.39 is 5.82 Å². The number of nitrogens with two attached hydrogens (primary N) is 1. The molecule has 1 amide bonds. The number of halogens is 1. The molecule has 0 fully saturated rings. The van der Waals surface area contributed by atoms with Crippen LogP contribution in [0.15, 0.2) is 36.7 Å². The molecule has 2 rings (SSSR count). The normalized spacial score (nSPS) is 10.3. The Morgan fingerprint density at radius 3 is 2.79 bits per heavy atom. The van der Waals surface area contributed by atoms with Gasteiger partial charge in [-0.3, -0.25) is 9.78 Å². The van der Waals surface area contributed by atoms with Gasteiger partial charge in [0.05, 0.1) is 17.6 Å². The second-order valence-corrected chi connectivity index (χ2v) is 4.26. The maximum absolute atomic E-state index is 13.2. The van der Waals surface area contributed by atoms with Gasteiger partial charge < -0.3 is 10.6 Å². The first kappa shape index (κ1) is 13.0. The molecule has 0 unspecified atom stereocenters. The zero-order valence-electron chi connectivity index (χ0n) is 10.7. The van der Waals surface area contributed by atoms with Crippen molar-refractivity contribution in [3.05, 3.63) is 53.6 Å². The van der Waals surface area contributed by atoms with Crippen molar-refractivity contribution in [3.63, 3.8) is 0 Å². The minimum atomic E-state index is -0.440. The van der Waals surface area contributed by atoms with Gasteiger partial charge in [0.2, 0.25) is 0 Å². The van der Waals surface area contributed by atoms with E-state index in [4.69, 9.17) is 5.73 Å². The van der Waals surface area contributed by atoms with Crippen molar-refractivity contribution in [1.82, 2.24) is 4.98 Å². The largest absolute Gasteiger partial charge is 0.396 e. The van der Waals surface area contributed by atoms with E-state index in [2.05, 4.69) is 4.98 Å². The Bertz CT molecular complexity index is 628.